The summed E-state index contributed by atoms with van der Waals surface area (Å²) in [5.41, 5.74) is 0. The Morgan fingerprint density at radius 1 is 1.67 bits per heavy atom. The van der Waals surface area contributed by atoms with Gasteiger partial charge in [-0.3, -0.25) is 4.21 Å². The fourth-order valence-electron chi connectivity index (χ4n) is 0.310. The fraction of sp³-hybridized carbons (Fsp3) is 1.00. The maximum atomic E-state index is 10.8. The summed E-state index contributed by atoms with van der Waals surface area (Å²) in [6.45, 7) is 0. The first-order valence-corrected chi connectivity index (χ1v) is 5.73. The molecule has 0 amide bonds. The smallest absolute Gasteiger partial charge is 0.100 e. The highest BCUT2D eigenvalue weighted by atomic mass is 79.9. The van der Waals surface area contributed by atoms with Gasteiger partial charge in [0.25, 0.3) is 0 Å². The fourth-order valence-corrected chi connectivity index (χ4v) is 2.75. The zero-order valence-electron chi connectivity index (χ0n) is 4.65. The van der Waals surface area contributed by atoms with Crippen LogP contribution < -0.4 is 0 Å². The monoisotopic (exact) mass is 252 g/mol. The third-order valence-electron chi connectivity index (χ3n) is 0.617. The molecule has 0 rings (SSSR count). The molecular formula is C4H7BrCl2OS. The molecule has 0 bridgehead atoms. The van der Waals surface area contributed by atoms with E-state index < -0.39 is 10.8 Å². The van der Waals surface area contributed by atoms with E-state index in [0.29, 0.717) is 17.4 Å². The Balaban J connectivity index is 3.27. The van der Waals surface area contributed by atoms with Gasteiger partial charge in [0.05, 0.1) is 0 Å². The van der Waals surface area contributed by atoms with Gasteiger partial charge >= 0.3 is 0 Å². The van der Waals surface area contributed by atoms with E-state index >= 15 is 0 Å². The molecule has 5 heteroatoms. The van der Waals surface area contributed by atoms with Crippen molar-refractivity contribution in [2.24, 2.45) is 0 Å². The second-order valence-electron chi connectivity index (χ2n) is 1.39. The average molecular weight is 254 g/mol. The van der Waals surface area contributed by atoms with E-state index in [-0.39, 0.29) is 4.29 Å². The van der Waals surface area contributed by atoms with E-state index in [4.69, 9.17) is 23.2 Å². The molecule has 0 N–H and O–H groups in total. The zero-order valence-corrected chi connectivity index (χ0v) is 8.56. The number of alkyl halides is 3. The molecular weight excluding hydrogens is 247 g/mol. The number of hydrogen-bond acceptors (Lipinski definition) is 1. The van der Waals surface area contributed by atoms with Gasteiger partial charge in [0.15, 0.2) is 0 Å². The standard InChI is InChI=1S/C4H7BrCl2OS/c5-4(7)3-9(8)2-1-6/h4H,1-3H2. The lowest BCUT2D eigenvalue weighted by Crippen LogP contribution is -2.08. The summed E-state index contributed by atoms with van der Waals surface area (Å²) in [5.74, 6) is 1.42. The van der Waals surface area contributed by atoms with Crippen molar-refractivity contribution in [1.29, 1.82) is 0 Å². The summed E-state index contributed by atoms with van der Waals surface area (Å²) in [4.78, 5) is 0. The SMILES string of the molecule is O=S(CCCl)CC(Cl)Br. The molecule has 56 valence electrons. The Bertz CT molecular complexity index is 98.6. The van der Waals surface area contributed by atoms with Gasteiger partial charge in [-0.1, -0.05) is 15.9 Å². The molecule has 1 nitrogen and oxygen atoms in total. The molecule has 0 aliphatic rings. The molecule has 0 aromatic carbocycles. The highest BCUT2D eigenvalue weighted by molar-refractivity contribution is 9.10. The second-order valence-corrected chi connectivity index (χ2v) is 5.55. The quantitative estimate of drug-likeness (QED) is 0.700. The molecule has 0 aromatic rings. The first-order chi connectivity index (χ1) is 4.16. The van der Waals surface area contributed by atoms with Crippen LogP contribution in [0.25, 0.3) is 0 Å². The molecule has 9 heavy (non-hydrogen) atoms. The average Bonchev–Trinajstić information content (AvgIpc) is 1.63. The molecule has 2 atom stereocenters. The van der Waals surface area contributed by atoms with Crippen LogP contribution in [0.15, 0.2) is 0 Å². The summed E-state index contributed by atoms with van der Waals surface area (Å²) in [6.07, 6.45) is 0. The second kappa shape index (κ2) is 5.96. The van der Waals surface area contributed by atoms with Crippen LogP contribution in [0.3, 0.4) is 0 Å². The predicted octanol–water partition coefficient (Wildman–Crippen LogP) is 1.93. The molecule has 0 aliphatic carbocycles. The van der Waals surface area contributed by atoms with Crippen LogP contribution in [-0.4, -0.2) is 25.9 Å². The maximum Gasteiger partial charge on any atom is 0.100 e. The van der Waals surface area contributed by atoms with Gasteiger partial charge in [0, 0.05) is 28.2 Å². The Hall–Kier alpha value is 1.21. The summed E-state index contributed by atoms with van der Waals surface area (Å²) in [5, 5.41) is 0. The minimum atomic E-state index is -0.861. The van der Waals surface area contributed by atoms with E-state index in [2.05, 4.69) is 15.9 Å². The molecule has 0 radical (unpaired) electrons. The van der Waals surface area contributed by atoms with Gasteiger partial charge in [-0.05, 0) is 0 Å². The van der Waals surface area contributed by atoms with Crippen LogP contribution in [0.5, 0.6) is 0 Å². The lowest BCUT2D eigenvalue weighted by atomic mass is 10.9. The normalized spacial score (nSPS) is 17.2. The number of hydrogen-bond donors (Lipinski definition) is 0. The largest absolute Gasteiger partial charge is 0.259 e. The molecule has 0 heterocycles. The topological polar surface area (TPSA) is 17.1 Å². The third kappa shape index (κ3) is 7.10. The minimum Gasteiger partial charge on any atom is -0.259 e. The van der Waals surface area contributed by atoms with Crippen LogP contribution in [0, 0.1) is 0 Å². The summed E-state index contributed by atoms with van der Waals surface area (Å²) in [7, 11) is -0.861. The molecule has 0 fully saturated rings. The van der Waals surface area contributed by atoms with E-state index in [1.54, 1.807) is 0 Å². The Labute approximate surface area is 75.7 Å². The van der Waals surface area contributed by atoms with Crippen molar-refractivity contribution < 1.29 is 4.21 Å². The lowest BCUT2D eigenvalue weighted by Gasteiger charge is -1.98. The van der Waals surface area contributed by atoms with Gasteiger partial charge in [-0.15, -0.1) is 23.2 Å². The molecule has 0 aromatic heterocycles. The van der Waals surface area contributed by atoms with Crippen molar-refractivity contribution in [3.05, 3.63) is 0 Å². The lowest BCUT2D eigenvalue weighted by molar-refractivity contribution is 0.684. The van der Waals surface area contributed by atoms with Crippen molar-refractivity contribution >= 4 is 49.9 Å². The Morgan fingerprint density at radius 3 is 2.56 bits per heavy atom. The summed E-state index contributed by atoms with van der Waals surface area (Å²) < 4.78 is 10.6. The molecule has 0 saturated carbocycles. The van der Waals surface area contributed by atoms with Crippen molar-refractivity contribution in [3.8, 4) is 0 Å². The Kier molecular flexibility index (Phi) is 6.76. The highest BCUT2D eigenvalue weighted by Crippen LogP contribution is 2.06. The van der Waals surface area contributed by atoms with Crippen LogP contribution in [0.1, 0.15) is 0 Å². The molecule has 0 aliphatic heterocycles. The highest BCUT2D eigenvalue weighted by Gasteiger charge is 2.03. The first kappa shape index (κ1) is 10.2. The van der Waals surface area contributed by atoms with Crippen molar-refractivity contribution in [1.82, 2.24) is 0 Å². The van der Waals surface area contributed by atoms with E-state index in [0.717, 1.165) is 0 Å². The summed E-state index contributed by atoms with van der Waals surface area (Å²) >= 11 is 13.9. The summed E-state index contributed by atoms with van der Waals surface area (Å²) in [6, 6.07) is 0. The number of rotatable bonds is 4. The molecule has 0 spiro atoms. The Morgan fingerprint density at radius 2 is 2.22 bits per heavy atom. The van der Waals surface area contributed by atoms with Crippen LogP contribution in [-0.2, 0) is 10.8 Å². The van der Waals surface area contributed by atoms with Crippen molar-refractivity contribution in [3.63, 3.8) is 0 Å². The molecule has 2 unspecified atom stereocenters. The van der Waals surface area contributed by atoms with Crippen LogP contribution in [0.4, 0.5) is 0 Å². The minimum absolute atomic E-state index is 0.193. The van der Waals surface area contributed by atoms with Gasteiger partial charge in [0.1, 0.15) is 4.29 Å². The predicted molar refractivity (Wildman–Crippen MR) is 47.2 cm³/mol. The van der Waals surface area contributed by atoms with Gasteiger partial charge in [-0.2, -0.15) is 0 Å². The van der Waals surface area contributed by atoms with Crippen LogP contribution in [0.2, 0.25) is 0 Å². The van der Waals surface area contributed by atoms with E-state index in [1.807, 2.05) is 0 Å². The zero-order chi connectivity index (χ0) is 7.28. The van der Waals surface area contributed by atoms with Crippen molar-refractivity contribution in [2.75, 3.05) is 17.4 Å². The van der Waals surface area contributed by atoms with Crippen LogP contribution >= 0.6 is 39.1 Å². The number of halogens is 3. The molecule has 0 saturated heterocycles. The van der Waals surface area contributed by atoms with Gasteiger partial charge in [-0.25, -0.2) is 0 Å². The maximum absolute atomic E-state index is 10.8. The van der Waals surface area contributed by atoms with E-state index in [1.165, 1.54) is 0 Å². The first-order valence-electron chi connectivity index (χ1n) is 2.36. The van der Waals surface area contributed by atoms with E-state index in [9.17, 15) is 4.21 Å². The van der Waals surface area contributed by atoms with Crippen molar-refractivity contribution in [2.45, 2.75) is 4.29 Å². The van der Waals surface area contributed by atoms with Gasteiger partial charge < -0.3 is 0 Å². The third-order valence-corrected chi connectivity index (χ3v) is 3.48. The van der Waals surface area contributed by atoms with Gasteiger partial charge in [0.2, 0.25) is 0 Å².